The Balaban J connectivity index is 1.71. The zero-order chi connectivity index (χ0) is 20.6. The van der Waals surface area contributed by atoms with Crippen LogP contribution in [-0.4, -0.2) is 19.3 Å². The van der Waals surface area contributed by atoms with Crippen LogP contribution in [0.25, 0.3) is 10.8 Å². The summed E-state index contributed by atoms with van der Waals surface area (Å²) in [7, 11) is 0. The Kier molecular flexibility index (Phi) is 7.87. The van der Waals surface area contributed by atoms with Gasteiger partial charge in [0.05, 0.1) is 11.1 Å². The maximum absolute atomic E-state index is 13.3. The van der Waals surface area contributed by atoms with E-state index in [1.165, 1.54) is 17.5 Å². The molecule has 5 heteroatoms. The van der Waals surface area contributed by atoms with Gasteiger partial charge in [-0.05, 0) is 55.8 Å². The summed E-state index contributed by atoms with van der Waals surface area (Å²) in [4.78, 5) is 0. The Hall–Kier alpha value is -2.14. The van der Waals surface area contributed by atoms with Crippen LogP contribution in [0.1, 0.15) is 31.4 Å². The minimum atomic E-state index is -0.351. The summed E-state index contributed by atoms with van der Waals surface area (Å²) in [5.74, 6) is 0.450. The average Bonchev–Trinajstić information content (AvgIpc) is 2.70. The quantitative estimate of drug-likeness (QED) is 0.405. The Morgan fingerprint density at radius 1 is 1.07 bits per heavy atom. The molecule has 0 heterocycles. The van der Waals surface area contributed by atoms with Crippen LogP contribution in [0.3, 0.4) is 0 Å². The van der Waals surface area contributed by atoms with Gasteiger partial charge in [0.1, 0.15) is 18.2 Å². The van der Waals surface area contributed by atoms with Gasteiger partial charge in [-0.2, -0.15) is 0 Å². The first kappa shape index (κ1) is 21.6. The third-order valence-electron chi connectivity index (χ3n) is 4.65. The number of hydrogen-bond donors (Lipinski definition) is 1. The second-order valence-corrected chi connectivity index (χ2v) is 7.64. The van der Waals surface area contributed by atoms with Gasteiger partial charge in [-0.25, -0.2) is 4.39 Å². The van der Waals surface area contributed by atoms with Gasteiger partial charge >= 0.3 is 0 Å². The lowest BCUT2D eigenvalue weighted by molar-refractivity contribution is 0.0770. The summed E-state index contributed by atoms with van der Waals surface area (Å²) in [6.45, 7) is 6.66. The maximum Gasteiger partial charge on any atom is 0.124 e. The van der Waals surface area contributed by atoms with Crippen molar-refractivity contribution in [1.29, 1.82) is 0 Å². The molecule has 0 spiro atoms. The van der Waals surface area contributed by atoms with E-state index in [1.54, 1.807) is 6.07 Å². The van der Waals surface area contributed by atoms with Crippen LogP contribution >= 0.6 is 11.6 Å². The Labute approximate surface area is 176 Å². The standard InChI is InChI=1S/C24H27ClFNO2/c1-17(2)28-13-5-12-27-15-22-21-7-4-3-6-18(21)9-11-24(22)29-16-19-8-10-20(26)14-23(19)25/h3-4,6-11,14,17,27H,5,12-13,15-16H2,1-2H3. The molecule has 3 aromatic carbocycles. The molecule has 0 unspecified atom stereocenters. The van der Waals surface area contributed by atoms with Crippen LogP contribution < -0.4 is 10.1 Å². The highest BCUT2D eigenvalue weighted by atomic mass is 35.5. The van der Waals surface area contributed by atoms with Crippen molar-refractivity contribution in [2.45, 2.75) is 39.5 Å². The van der Waals surface area contributed by atoms with Crippen molar-refractivity contribution < 1.29 is 13.9 Å². The predicted octanol–water partition coefficient (Wildman–Crippen LogP) is 6.12. The molecule has 3 nitrogen and oxygen atoms in total. The molecule has 0 aliphatic heterocycles. The maximum atomic E-state index is 13.3. The van der Waals surface area contributed by atoms with Gasteiger partial charge in [0.25, 0.3) is 0 Å². The van der Waals surface area contributed by atoms with Crippen LogP contribution in [0.4, 0.5) is 4.39 Å². The van der Waals surface area contributed by atoms with Gasteiger partial charge < -0.3 is 14.8 Å². The van der Waals surface area contributed by atoms with Gasteiger partial charge in [0.15, 0.2) is 0 Å². The first-order valence-corrected chi connectivity index (χ1v) is 10.3. The molecule has 29 heavy (non-hydrogen) atoms. The van der Waals surface area contributed by atoms with Gasteiger partial charge in [0, 0.05) is 24.3 Å². The molecule has 0 amide bonds. The highest BCUT2D eigenvalue weighted by Gasteiger charge is 2.10. The van der Waals surface area contributed by atoms with E-state index in [2.05, 4.69) is 23.5 Å². The van der Waals surface area contributed by atoms with Gasteiger partial charge in [0.2, 0.25) is 0 Å². The summed E-state index contributed by atoms with van der Waals surface area (Å²) >= 11 is 6.14. The zero-order valence-corrected chi connectivity index (χ0v) is 17.6. The molecular formula is C24H27ClFNO2. The normalized spacial score (nSPS) is 11.3. The summed E-state index contributed by atoms with van der Waals surface area (Å²) in [6.07, 6.45) is 1.20. The molecule has 0 aliphatic rings. The summed E-state index contributed by atoms with van der Waals surface area (Å²) in [6, 6.07) is 16.7. The second kappa shape index (κ2) is 10.6. The Morgan fingerprint density at radius 2 is 1.90 bits per heavy atom. The van der Waals surface area contributed by atoms with Crippen LogP contribution in [0.2, 0.25) is 5.02 Å². The monoisotopic (exact) mass is 415 g/mol. The fraction of sp³-hybridized carbons (Fsp3) is 0.333. The van der Waals surface area contributed by atoms with Crippen LogP contribution in [-0.2, 0) is 17.9 Å². The van der Waals surface area contributed by atoms with E-state index in [-0.39, 0.29) is 18.5 Å². The molecule has 0 bridgehead atoms. The summed E-state index contributed by atoms with van der Waals surface area (Å²) < 4.78 is 25.0. The van der Waals surface area contributed by atoms with E-state index in [0.717, 1.165) is 41.8 Å². The molecule has 3 rings (SSSR count). The lowest BCUT2D eigenvalue weighted by atomic mass is 10.0. The van der Waals surface area contributed by atoms with Crippen molar-refractivity contribution in [1.82, 2.24) is 5.32 Å². The van der Waals surface area contributed by atoms with E-state index in [1.807, 2.05) is 32.0 Å². The van der Waals surface area contributed by atoms with Crippen molar-refractivity contribution in [3.8, 4) is 5.75 Å². The highest BCUT2D eigenvalue weighted by molar-refractivity contribution is 6.31. The predicted molar refractivity (Wildman–Crippen MR) is 117 cm³/mol. The van der Waals surface area contributed by atoms with E-state index >= 15 is 0 Å². The Bertz CT molecular complexity index is 945. The molecule has 0 radical (unpaired) electrons. The Morgan fingerprint density at radius 3 is 2.69 bits per heavy atom. The van der Waals surface area contributed by atoms with Crippen molar-refractivity contribution in [2.24, 2.45) is 0 Å². The second-order valence-electron chi connectivity index (χ2n) is 7.24. The van der Waals surface area contributed by atoms with Gasteiger partial charge in [-0.15, -0.1) is 0 Å². The molecular weight excluding hydrogens is 389 g/mol. The lowest BCUT2D eigenvalue weighted by Crippen LogP contribution is -2.18. The van der Waals surface area contributed by atoms with Gasteiger partial charge in [-0.1, -0.05) is 48.0 Å². The van der Waals surface area contributed by atoms with Crippen molar-refractivity contribution in [3.05, 3.63) is 76.6 Å². The first-order valence-electron chi connectivity index (χ1n) is 9.94. The van der Waals surface area contributed by atoms with Crippen LogP contribution in [0.15, 0.2) is 54.6 Å². The molecule has 0 atom stereocenters. The minimum absolute atomic E-state index is 0.256. The van der Waals surface area contributed by atoms with Crippen molar-refractivity contribution in [2.75, 3.05) is 13.2 Å². The SMILES string of the molecule is CC(C)OCCCNCc1c(OCc2ccc(F)cc2Cl)ccc2ccccc12. The number of rotatable bonds is 10. The number of nitrogens with one attached hydrogen (secondary N) is 1. The molecule has 0 saturated carbocycles. The summed E-state index contributed by atoms with van der Waals surface area (Å²) in [5, 5.41) is 6.18. The van der Waals surface area contributed by atoms with Crippen molar-refractivity contribution >= 4 is 22.4 Å². The molecule has 1 N–H and O–H groups in total. The molecule has 0 aromatic heterocycles. The largest absolute Gasteiger partial charge is 0.488 e. The summed E-state index contributed by atoms with van der Waals surface area (Å²) in [5.41, 5.74) is 1.86. The molecule has 0 aliphatic carbocycles. The van der Waals surface area contributed by atoms with Crippen molar-refractivity contribution in [3.63, 3.8) is 0 Å². The van der Waals surface area contributed by atoms with Crippen LogP contribution in [0.5, 0.6) is 5.75 Å². The average molecular weight is 416 g/mol. The van der Waals surface area contributed by atoms with Gasteiger partial charge in [-0.3, -0.25) is 0 Å². The lowest BCUT2D eigenvalue weighted by Gasteiger charge is -2.16. The third-order valence-corrected chi connectivity index (χ3v) is 5.00. The van der Waals surface area contributed by atoms with E-state index in [4.69, 9.17) is 21.1 Å². The number of benzene rings is 3. The molecule has 3 aromatic rings. The number of hydrogen-bond acceptors (Lipinski definition) is 3. The fourth-order valence-corrected chi connectivity index (χ4v) is 3.38. The van der Waals surface area contributed by atoms with E-state index in [9.17, 15) is 4.39 Å². The smallest absolute Gasteiger partial charge is 0.124 e. The first-order chi connectivity index (χ1) is 14.0. The molecule has 0 saturated heterocycles. The van der Waals surface area contributed by atoms with E-state index < -0.39 is 0 Å². The topological polar surface area (TPSA) is 30.5 Å². The zero-order valence-electron chi connectivity index (χ0n) is 16.9. The number of halogens is 2. The number of ether oxygens (including phenoxy) is 2. The molecule has 154 valence electrons. The van der Waals surface area contributed by atoms with Crippen LogP contribution in [0, 0.1) is 5.82 Å². The van der Waals surface area contributed by atoms with E-state index in [0.29, 0.717) is 11.6 Å². The highest BCUT2D eigenvalue weighted by Crippen LogP contribution is 2.29. The molecule has 0 fully saturated rings. The third kappa shape index (κ3) is 6.17. The fourth-order valence-electron chi connectivity index (χ4n) is 3.16. The minimum Gasteiger partial charge on any atom is -0.488 e. The number of fused-ring (bicyclic) bond motifs is 1.